The van der Waals surface area contributed by atoms with Gasteiger partial charge >= 0.3 is 5.97 Å². The van der Waals surface area contributed by atoms with Crippen LogP contribution in [0.3, 0.4) is 0 Å². The number of halogens is 2. The Hall–Kier alpha value is -1.69. The summed E-state index contributed by atoms with van der Waals surface area (Å²) in [4.78, 5) is 15.0. The standard InChI is InChI=1S/C14H18F2N2O2/c1-20-13(19)5-6-17-7-9-18(10-8-17)12-4-2-3-11(15)14(12)16/h2-4H,5-10H2,1H3. The van der Waals surface area contributed by atoms with E-state index in [1.54, 1.807) is 6.07 Å². The van der Waals surface area contributed by atoms with Gasteiger partial charge in [0.2, 0.25) is 0 Å². The lowest BCUT2D eigenvalue weighted by Gasteiger charge is -2.36. The largest absolute Gasteiger partial charge is 0.469 e. The lowest BCUT2D eigenvalue weighted by molar-refractivity contribution is -0.141. The van der Waals surface area contributed by atoms with Crippen molar-refractivity contribution in [3.05, 3.63) is 29.8 Å². The molecule has 110 valence electrons. The number of carbonyl (C=O) groups excluding carboxylic acids is 1. The Morgan fingerprint density at radius 2 is 1.95 bits per heavy atom. The van der Waals surface area contributed by atoms with Crippen LogP contribution in [-0.4, -0.2) is 50.7 Å². The lowest BCUT2D eigenvalue weighted by Crippen LogP contribution is -2.47. The van der Waals surface area contributed by atoms with E-state index in [0.717, 1.165) is 6.07 Å². The molecule has 0 unspecified atom stereocenters. The highest BCUT2D eigenvalue weighted by atomic mass is 19.2. The molecule has 1 fully saturated rings. The van der Waals surface area contributed by atoms with Gasteiger partial charge in [0.15, 0.2) is 11.6 Å². The van der Waals surface area contributed by atoms with Crippen LogP contribution < -0.4 is 4.90 Å². The number of nitrogens with zero attached hydrogens (tertiary/aromatic N) is 2. The minimum absolute atomic E-state index is 0.233. The Kier molecular flexibility index (Phi) is 4.89. The third-order valence-corrected chi connectivity index (χ3v) is 3.50. The molecule has 0 spiro atoms. The molecule has 0 N–H and O–H groups in total. The molecule has 2 rings (SSSR count). The van der Waals surface area contributed by atoms with E-state index in [1.165, 1.54) is 13.2 Å². The number of rotatable bonds is 4. The number of ether oxygens (including phenoxy) is 1. The summed E-state index contributed by atoms with van der Waals surface area (Å²) in [6.45, 7) is 3.29. The summed E-state index contributed by atoms with van der Waals surface area (Å²) in [6, 6.07) is 4.21. The molecule has 1 saturated heterocycles. The van der Waals surface area contributed by atoms with Crippen molar-refractivity contribution in [2.75, 3.05) is 44.7 Å². The average molecular weight is 284 g/mol. The average Bonchev–Trinajstić information content (AvgIpc) is 2.48. The Balaban J connectivity index is 1.88. The summed E-state index contributed by atoms with van der Waals surface area (Å²) in [7, 11) is 1.37. The van der Waals surface area contributed by atoms with Gasteiger partial charge in [-0.15, -0.1) is 0 Å². The first kappa shape index (κ1) is 14.7. The van der Waals surface area contributed by atoms with Gasteiger partial charge in [-0.25, -0.2) is 8.78 Å². The van der Waals surface area contributed by atoms with Crippen molar-refractivity contribution in [1.29, 1.82) is 0 Å². The molecule has 0 atom stereocenters. The van der Waals surface area contributed by atoms with Crippen LogP contribution in [0.15, 0.2) is 18.2 Å². The monoisotopic (exact) mass is 284 g/mol. The third kappa shape index (κ3) is 3.45. The first-order valence-corrected chi connectivity index (χ1v) is 6.60. The van der Waals surface area contributed by atoms with Crippen LogP contribution in [0.5, 0.6) is 0 Å². The minimum atomic E-state index is -0.823. The van der Waals surface area contributed by atoms with Gasteiger partial charge in [-0.05, 0) is 12.1 Å². The Morgan fingerprint density at radius 1 is 1.25 bits per heavy atom. The van der Waals surface area contributed by atoms with Crippen LogP contribution in [-0.2, 0) is 9.53 Å². The summed E-state index contributed by atoms with van der Waals surface area (Å²) in [5.74, 6) is -1.85. The van der Waals surface area contributed by atoms with E-state index < -0.39 is 11.6 Å². The maximum absolute atomic E-state index is 13.7. The highest BCUT2D eigenvalue weighted by Crippen LogP contribution is 2.22. The van der Waals surface area contributed by atoms with E-state index in [4.69, 9.17) is 0 Å². The summed E-state index contributed by atoms with van der Waals surface area (Å²) < 4.78 is 31.5. The summed E-state index contributed by atoms with van der Waals surface area (Å²) >= 11 is 0. The fraction of sp³-hybridized carbons (Fsp3) is 0.500. The van der Waals surface area contributed by atoms with Crippen LogP contribution in [0.25, 0.3) is 0 Å². The molecule has 1 heterocycles. The quantitative estimate of drug-likeness (QED) is 0.787. The zero-order chi connectivity index (χ0) is 14.5. The van der Waals surface area contributed by atoms with Gasteiger partial charge in [0.05, 0.1) is 19.2 Å². The molecular formula is C14H18F2N2O2. The molecule has 4 nitrogen and oxygen atoms in total. The third-order valence-electron chi connectivity index (χ3n) is 3.50. The van der Waals surface area contributed by atoms with Gasteiger partial charge in [-0.3, -0.25) is 9.69 Å². The van der Waals surface area contributed by atoms with Gasteiger partial charge in [-0.2, -0.15) is 0 Å². The first-order valence-electron chi connectivity index (χ1n) is 6.60. The second kappa shape index (κ2) is 6.65. The zero-order valence-corrected chi connectivity index (χ0v) is 11.4. The molecule has 1 aromatic rings. The molecule has 0 saturated carbocycles. The predicted molar refractivity (Wildman–Crippen MR) is 71.6 cm³/mol. The van der Waals surface area contributed by atoms with Crippen molar-refractivity contribution in [1.82, 2.24) is 4.90 Å². The molecule has 0 radical (unpaired) electrons. The number of anilines is 1. The molecule has 0 bridgehead atoms. The van der Waals surface area contributed by atoms with Crippen molar-refractivity contribution >= 4 is 11.7 Å². The van der Waals surface area contributed by atoms with Crippen molar-refractivity contribution in [3.8, 4) is 0 Å². The maximum atomic E-state index is 13.7. The van der Waals surface area contributed by atoms with Gasteiger partial charge in [-0.1, -0.05) is 6.07 Å². The summed E-state index contributed by atoms with van der Waals surface area (Å²) in [5.41, 5.74) is 0.303. The van der Waals surface area contributed by atoms with E-state index >= 15 is 0 Å². The van der Waals surface area contributed by atoms with Crippen LogP contribution in [0.2, 0.25) is 0 Å². The Bertz CT molecular complexity index is 474. The van der Waals surface area contributed by atoms with Crippen LogP contribution >= 0.6 is 0 Å². The number of esters is 1. The second-order valence-electron chi connectivity index (χ2n) is 4.73. The highest BCUT2D eigenvalue weighted by molar-refractivity contribution is 5.69. The zero-order valence-electron chi connectivity index (χ0n) is 11.4. The number of hydrogen-bond acceptors (Lipinski definition) is 4. The first-order chi connectivity index (χ1) is 9.61. The normalized spacial score (nSPS) is 16.2. The van der Waals surface area contributed by atoms with Crippen LogP contribution in [0.1, 0.15) is 6.42 Å². The topological polar surface area (TPSA) is 32.8 Å². The smallest absolute Gasteiger partial charge is 0.306 e. The molecule has 0 aliphatic carbocycles. The number of methoxy groups -OCH3 is 1. The number of carbonyl (C=O) groups is 1. The van der Waals surface area contributed by atoms with Crippen molar-refractivity contribution in [2.24, 2.45) is 0 Å². The van der Waals surface area contributed by atoms with Crippen molar-refractivity contribution in [3.63, 3.8) is 0 Å². The van der Waals surface area contributed by atoms with Crippen LogP contribution in [0, 0.1) is 11.6 Å². The molecule has 6 heteroatoms. The molecule has 1 aromatic carbocycles. The van der Waals surface area contributed by atoms with Crippen molar-refractivity contribution < 1.29 is 18.3 Å². The van der Waals surface area contributed by atoms with E-state index in [9.17, 15) is 13.6 Å². The second-order valence-corrected chi connectivity index (χ2v) is 4.73. The molecule has 20 heavy (non-hydrogen) atoms. The number of piperazine rings is 1. The highest BCUT2D eigenvalue weighted by Gasteiger charge is 2.21. The fourth-order valence-corrected chi connectivity index (χ4v) is 2.30. The summed E-state index contributed by atoms with van der Waals surface area (Å²) in [6.07, 6.45) is 0.352. The van der Waals surface area contributed by atoms with Crippen LogP contribution in [0.4, 0.5) is 14.5 Å². The molecule has 0 aromatic heterocycles. The molecule has 1 aliphatic rings. The van der Waals surface area contributed by atoms with E-state index in [1.807, 2.05) is 4.90 Å². The Labute approximate surface area is 116 Å². The number of benzene rings is 1. The maximum Gasteiger partial charge on any atom is 0.306 e. The van der Waals surface area contributed by atoms with E-state index in [0.29, 0.717) is 44.8 Å². The molecule has 0 amide bonds. The lowest BCUT2D eigenvalue weighted by atomic mass is 10.2. The van der Waals surface area contributed by atoms with Gasteiger partial charge in [0, 0.05) is 32.7 Å². The fourth-order valence-electron chi connectivity index (χ4n) is 2.30. The van der Waals surface area contributed by atoms with E-state index in [-0.39, 0.29) is 5.97 Å². The van der Waals surface area contributed by atoms with Gasteiger partial charge in [0.25, 0.3) is 0 Å². The van der Waals surface area contributed by atoms with Gasteiger partial charge < -0.3 is 9.64 Å². The van der Waals surface area contributed by atoms with Gasteiger partial charge in [0.1, 0.15) is 0 Å². The molecular weight excluding hydrogens is 266 g/mol. The predicted octanol–water partition coefficient (Wildman–Crippen LogP) is 1.65. The van der Waals surface area contributed by atoms with E-state index in [2.05, 4.69) is 9.64 Å². The number of hydrogen-bond donors (Lipinski definition) is 0. The van der Waals surface area contributed by atoms with Crippen molar-refractivity contribution in [2.45, 2.75) is 6.42 Å². The Morgan fingerprint density at radius 3 is 2.60 bits per heavy atom. The SMILES string of the molecule is COC(=O)CCN1CCN(c2cccc(F)c2F)CC1. The molecule has 1 aliphatic heterocycles. The minimum Gasteiger partial charge on any atom is -0.469 e. The summed E-state index contributed by atoms with van der Waals surface area (Å²) in [5, 5.41) is 0.